The highest BCUT2D eigenvalue weighted by molar-refractivity contribution is 5.89. The van der Waals surface area contributed by atoms with Gasteiger partial charge in [-0.3, -0.25) is 10.1 Å². The smallest absolute Gasteiger partial charge is 0.227 e. The van der Waals surface area contributed by atoms with Crippen LogP contribution in [0.5, 0.6) is 11.5 Å². The summed E-state index contributed by atoms with van der Waals surface area (Å²) in [7, 11) is 5.01. The maximum Gasteiger partial charge on any atom is 0.227 e. The third-order valence-electron chi connectivity index (χ3n) is 4.82. The highest BCUT2D eigenvalue weighted by Crippen LogP contribution is 2.28. The SMILES string of the molecule is COc1ccc(CCC(=O)Nc2nc(C3CCNCC3)nn2C)cc1OC.Cl. The van der Waals surface area contributed by atoms with Crippen molar-refractivity contribution in [2.24, 2.45) is 7.05 Å². The highest BCUT2D eigenvalue weighted by atomic mass is 35.5. The molecule has 1 saturated heterocycles. The number of nitrogens with zero attached hydrogens (tertiary/aromatic N) is 3. The number of aryl methyl sites for hydroxylation is 2. The molecule has 1 fully saturated rings. The Balaban J connectivity index is 0.00000280. The van der Waals surface area contributed by atoms with E-state index < -0.39 is 0 Å². The molecule has 1 amide bonds. The molecule has 1 aromatic carbocycles. The quantitative estimate of drug-likeness (QED) is 0.729. The molecule has 2 heterocycles. The van der Waals surface area contributed by atoms with Gasteiger partial charge in [-0.15, -0.1) is 12.4 Å². The number of carbonyl (C=O) groups is 1. The minimum absolute atomic E-state index is 0. The number of halogens is 1. The molecule has 2 aromatic rings. The molecule has 8 nitrogen and oxygen atoms in total. The second kappa shape index (κ2) is 10.3. The molecule has 1 aromatic heterocycles. The largest absolute Gasteiger partial charge is 0.493 e. The number of amides is 1. The fraction of sp³-hybridized carbons (Fsp3) is 0.526. The number of carbonyl (C=O) groups excluding carboxylic acids is 1. The van der Waals surface area contributed by atoms with Gasteiger partial charge < -0.3 is 14.8 Å². The molecule has 0 aliphatic carbocycles. The number of rotatable bonds is 7. The van der Waals surface area contributed by atoms with Crippen LogP contribution in [-0.4, -0.2) is 48.0 Å². The Hall–Kier alpha value is -2.32. The molecule has 0 bridgehead atoms. The van der Waals surface area contributed by atoms with Crippen molar-refractivity contribution in [2.45, 2.75) is 31.6 Å². The standard InChI is InChI=1S/C19H27N5O3.ClH/c1-24-19(22-18(23-24)14-8-10-20-11-9-14)21-17(25)7-5-13-4-6-15(26-2)16(12-13)27-3;/h4,6,12,14,20H,5,7-11H2,1-3H3,(H,21,22,23,25);1H. The topological polar surface area (TPSA) is 90.3 Å². The van der Waals surface area contributed by atoms with Gasteiger partial charge in [0.25, 0.3) is 0 Å². The average molecular weight is 410 g/mol. The molecule has 0 spiro atoms. The molecule has 1 aliphatic rings. The predicted octanol–water partition coefficient (Wildman–Crippen LogP) is 2.29. The molecule has 2 N–H and O–H groups in total. The third-order valence-corrected chi connectivity index (χ3v) is 4.82. The summed E-state index contributed by atoms with van der Waals surface area (Å²) in [6, 6.07) is 5.68. The van der Waals surface area contributed by atoms with E-state index in [0.717, 1.165) is 37.3 Å². The highest BCUT2D eigenvalue weighted by Gasteiger charge is 2.21. The van der Waals surface area contributed by atoms with Gasteiger partial charge in [-0.25, -0.2) is 4.68 Å². The van der Waals surface area contributed by atoms with Crippen molar-refractivity contribution in [2.75, 3.05) is 32.6 Å². The van der Waals surface area contributed by atoms with Gasteiger partial charge in [0, 0.05) is 19.4 Å². The number of piperidine rings is 1. The van der Waals surface area contributed by atoms with Crippen LogP contribution in [0.4, 0.5) is 5.95 Å². The van der Waals surface area contributed by atoms with Crippen LogP contribution in [-0.2, 0) is 18.3 Å². The number of aromatic nitrogens is 3. The van der Waals surface area contributed by atoms with Crippen molar-refractivity contribution in [3.63, 3.8) is 0 Å². The van der Waals surface area contributed by atoms with Crippen molar-refractivity contribution in [1.82, 2.24) is 20.1 Å². The van der Waals surface area contributed by atoms with Gasteiger partial charge in [0.05, 0.1) is 14.2 Å². The zero-order chi connectivity index (χ0) is 19.2. The van der Waals surface area contributed by atoms with E-state index >= 15 is 0 Å². The molecule has 0 atom stereocenters. The first-order valence-electron chi connectivity index (χ1n) is 9.23. The van der Waals surface area contributed by atoms with Crippen LogP contribution < -0.4 is 20.1 Å². The molecular weight excluding hydrogens is 382 g/mol. The monoisotopic (exact) mass is 409 g/mol. The lowest BCUT2D eigenvalue weighted by Crippen LogP contribution is -2.27. The van der Waals surface area contributed by atoms with Crippen LogP contribution in [0, 0.1) is 0 Å². The summed E-state index contributed by atoms with van der Waals surface area (Å²) in [5, 5.41) is 10.7. The molecule has 0 radical (unpaired) electrons. The lowest BCUT2D eigenvalue weighted by molar-refractivity contribution is -0.116. The predicted molar refractivity (Wildman–Crippen MR) is 110 cm³/mol. The summed E-state index contributed by atoms with van der Waals surface area (Å²) < 4.78 is 12.2. The summed E-state index contributed by atoms with van der Waals surface area (Å²) >= 11 is 0. The summed E-state index contributed by atoms with van der Waals surface area (Å²) in [6.07, 6.45) is 3.00. The first-order chi connectivity index (χ1) is 13.1. The Labute approximate surface area is 171 Å². The second-order valence-corrected chi connectivity index (χ2v) is 6.68. The second-order valence-electron chi connectivity index (χ2n) is 6.68. The number of hydrogen-bond acceptors (Lipinski definition) is 6. The van der Waals surface area contributed by atoms with Crippen molar-refractivity contribution in [3.05, 3.63) is 29.6 Å². The number of hydrogen-bond donors (Lipinski definition) is 2. The summed E-state index contributed by atoms with van der Waals surface area (Å²) in [5.41, 5.74) is 1.01. The van der Waals surface area contributed by atoms with Crippen LogP contribution in [0.3, 0.4) is 0 Å². The minimum atomic E-state index is -0.0860. The average Bonchev–Trinajstić information content (AvgIpc) is 3.07. The van der Waals surface area contributed by atoms with E-state index in [1.54, 1.807) is 18.9 Å². The van der Waals surface area contributed by atoms with Gasteiger partial charge >= 0.3 is 0 Å². The lowest BCUT2D eigenvalue weighted by atomic mass is 9.98. The van der Waals surface area contributed by atoms with Gasteiger partial charge in [0.1, 0.15) is 0 Å². The van der Waals surface area contributed by atoms with Crippen molar-refractivity contribution >= 4 is 24.3 Å². The number of benzene rings is 1. The minimum Gasteiger partial charge on any atom is -0.493 e. The fourth-order valence-corrected chi connectivity index (χ4v) is 3.25. The molecule has 154 valence electrons. The van der Waals surface area contributed by atoms with E-state index in [4.69, 9.17) is 9.47 Å². The first-order valence-corrected chi connectivity index (χ1v) is 9.23. The third kappa shape index (κ3) is 5.36. The number of methoxy groups -OCH3 is 2. The molecule has 3 rings (SSSR count). The fourth-order valence-electron chi connectivity index (χ4n) is 3.25. The summed E-state index contributed by atoms with van der Waals surface area (Å²) in [4.78, 5) is 16.9. The Kier molecular flexibility index (Phi) is 8.07. The van der Waals surface area contributed by atoms with E-state index in [0.29, 0.717) is 36.2 Å². The van der Waals surface area contributed by atoms with Crippen LogP contribution in [0.25, 0.3) is 0 Å². The maximum atomic E-state index is 12.3. The van der Waals surface area contributed by atoms with Crippen LogP contribution >= 0.6 is 12.4 Å². The number of nitrogens with one attached hydrogen (secondary N) is 2. The molecular formula is C19H28ClN5O3. The van der Waals surface area contributed by atoms with E-state index in [2.05, 4.69) is 20.7 Å². The molecule has 0 unspecified atom stereocenters. The van der Waals surface area contributed by atoms with Crippen molar-refractivity contribution < 1.29 is 14.3 Å². The first kappa shape index (κ1) is 22.0. The number of ether oxygens (including phenoxy) is 2. The van der Waals surface area contributed by atoms with Gasteiger partial charge in [-0.2, -0.15) is 10.1 Å². The Morgan fingerprint density at radius 2 is 1.96 bits per heavy atom. The van der Waals surface area contributed by atoms with Crippen molar-refractivity contribution in [1.29, 1.82) is 0 Å². The summed E-state index contributed by atoms with van der Waals surface area (Å²) in [5.74, 6) is 2.92. The van der Waals surface area contributed by atoms with E-state index in [1.807, 2.05) is 25.2 Å². The van der Waals surface area contributed by atoms with Crippen LogP contribution in [0.15, 0.2) is 18.2 Å². The van der Waals surface area contributed by atoms with Gasteiger partial charge in [0.2, 0.25) is 11.9 Å². The lowest BCUT2D eigenvalue weighted by Gasteiger charge is -2.19. The maximum absolute atomic E-state index is 12.3. The van der Waals surface area contributed by atoms with E-state index in [9.17, 15) is 4.79 Å². The molecule has 28 heavy (non-hydrogen) atoms. The van der Waals surface area contributed by atoms with Gasteiger partial charge in [0.15, 0.2) is 17.3 Å². The Morgan fingerprint density at radius 3 is 2.64 bits per heavy atom. The molecule has 9 heteroatoms. The number of anilines is 1. The van der Waals surface area contributed by atoms with E-state index in [-0.39, 0.29) is 18.3 Å². The zero-order valence-electron chi connectivity index (χ0n) is 16.5. The van der Waals surface area contributed by atoms with Gasteiger partial charge in [-0.05, 0) is 50.0 Å². The molecule has 0 saturated carbocycles. The summed E-state index contributed by atoms with van der Waals surface area (Å²) in [6.45, 7) is 1.96. The normalized spacial score (nSPS) is 14.2. The Morgan fingerprint density at radius 1 is 1.25 bits per heavy atom. The van der Waals surface area contributed by atoms with E-state index in [1.165, 1.54) is 0 Å². The van der Waals surface area contributed by atoms with Crippen LogP contribution in [0.1, 0.15) is 36.6 Å². The van der Waals surface area contributed by atoms with Gasteiger partial charge in [-0.1, -0.05) is 6.07 Å². The van der Waals surface area contributed by atoms with Crippen LogP contribution in [0.2, 0.25) is 0 Å². The Bertz CT molecular complexity index is 790. The van der Waals surface area contributed by atoms with Crippen molar-refractivity contribution in [3.8, 4) is 11.5 Å². The zero-order valence-corrected chi connectivity index (χ0v) is 17.3. The molecule has 1 aliphatic heterocycles.